The smallest absolute Gasteiger partial charge is 0.265 e. The van der Waals surface area contributed by atoms with Gasteiger partial charge in [-0.2, -0.15) is 0 Å². The molecule has 0 unspecified atom stereocenters. The van der Waals surface area contributed by atoms with E-state index in [1.807, 2.05) is 22.6 Å². The molecule has 2 heterocycles. The molecule has 2 aromatic heterocycles. The highest BCUT2D eigenvalue weighted by atomic mass is 127. The van der Waals surface area contributed by atoms with Crippen LogP contribution in [0, 0.1) is 3.57 Å². The molecule has 2 aromatic rings. The van der Waals surface area contributed by atoms with E-state index < -0.39 is 0 Å². The molecule has 0 amide bonds. The highest BCUT2D eigenvalue weighted by Gasteiger charge is 2.28. The minimum Gasteiger partial charge on any atom is -0.312 e. The molecule has 17 heavy (non-hydrogen) atoms. The van der Waals surface area contributed by atoms with E-state index in [1.54, 1.807) is 4.68 Å². The zero-order chi connectivity index (χ0) is 11.8. The first-order chi connectivity index (χ1) is 8.25. The van der Waals surface area contributed by atoms with Gasteiger partial charge in [-0.3, -0.25) is 4.79 Å². The Morgan fingerprint density at radius 3 is 3.12 bits per heavy atom. The maximum Gasteiger partial charge on any atom is 0.265 e. The minimum atomic E-state index is -0.145. The molecule has 0 aromatic carbocycles. The largest absolute Gasteiger partial charge is 0.312 e. The lowest BCUT2D eigenvalue weighted by Crippen LogP contribution is -2.11. The Morgan fingerprint density at radius 1 is 1.53 bits per heavy atom. The standard InChI is InChI=1S/C8H7IN6OS/c9-5-6(16)10-3-11-7(5)17-8-12-13-14-15(8)4-1-2-4/h3-4H,1-2H2,(H,10,11,16). The highest BCUT2D eigenvalue weighted by molar-refractivity contribution is 14.1. The number of H-pyrrole nitrogens is 1. The quantitative estimate of drug-likeness (QED) is 0.643. The van der Waals surface area contributed by atoms with E-state index >= 15 is 0 Å². The molecule has 1 N–H and O–H groups in total. The third-order valence-electron chi connectivity index (χ3n) is 2.31. The molecule has 0 saturated heterocycles. The molecule has 3 rings (SSSR count). The lowest BCUT2D eigenvalue weighted by atomic mass is 10.7. The molecule has 0 radical (unpaired) electrons. The van der Waals surface area contributed by atoms with Crippen LogP contribution in [0.5, 0.6) is 0 Å². The summed E-state index contributed by atoms with van der Waals surface area (Å²) in [6.45, 7) is 0. The second-order valence-electron chi connectivity index (χ2n) is 3.59. The Kier molecular flexibility index (Phi) is 2.86. The first-order valence-electron chi connectivity index (χ1n) is 4.94. The number of aromatic amines is 1. The number of nitrogens with one attached hydrogen (secondary N) is 1. The maximum atomic E-state index is 11.4. The van der Waals surface area contributed by atoms with Crippen LogP contribution in [0.1, 0.15) is 18.9 Å². The van der Waals surface area contributed by atoms with E-state index in [2.05, 4.69) is 25.5 Å². The Bertz CT molecular complexity index is 606. The molecule has 1 aliphatic carbocycles. The van der Waals surface area contributed by atoms with Gasteiger partial charge in [-0.05, 0) is 57.6 Å². The zero-order valence-electron chi connectivity index (χ0n) is 8.50. The van der Waals surface area contributed by atoms with Crippen molar-refractivity contribution in [2.24, 2.45) is 0 Å². The number of aromatic nitrogens is 6. The number of tetrazole rings is 1. The number of rotatable bonds is 3. The van der Waals surface area contributed by atoms with E-state index in [9.17, 15) is 4.79 Å². The van der Waals surface area contributed by atoms with Gasteiger partial charge in [-0.15, -0.1) is 5.10 Å². The topological polar surface area (TPSA) is 89.3 Å². The number of nitrogens with zero attached hydrogens (tertiary/aromatic N) is 5. The van der Waals surface area contributed by atoms with Crippen molar-refractivity contribution in [1.29, 1.82) is 0 Å². The second-order valence-corrected chi connectivity index (χ2v) is 5.62. The van der Waals surface area contributed by atoms with Gasteiger partial charge in [-0.25, -0.2) is 9.67 Å². The minimum absolute atomic E-state index is 0.145. The van der Waals surface area contributed by atoms with Crippen LogP contribution in [0.4, 0.5) is 0 Å². The summed E-state index contributed by atoms with van der Waals surface area (Å²) in [5.74, 6) is 0. The normalized spacial score (nSPS) is 15.1. The summed E-state index contributed by atoms with van der Waals surface area (Å²) < 4.78 is 2.35. The van der Waals surface area contributed by atoms with Crippen molar-refractivity contribution < 1.29 is 0 Å². The van der Waals surface area contributed by atoms with Gasteiger partial charge in [-0.1, -0.05) is 0 Å². The third kappa shape index (κ3) is 2.20. The molecule has 7 nitrogen and oxygen atoms in total. The maximum absolute atomic E-state index is 11.4. The summed E-state index contributed by atoms with van der Waals surface area (Å²) in [4.78, 5) is 18.1. The predicted molar refractivity (Wildman–Crippen MR) is 67.8 cm³/mol. The Labute approximate surface area is 114 Å². The Balaban J connectivity index is 1.93. The molecule has 0 spiro atoms. The number of hydrogen-bond donors (Lipinski definition) is 1. The summed E-state index contributed by atoms with van der Waals surface area (Å²) in [6.07, 6.45) is 3.61. The van der Waals surface area contributed by atoms with Crippen LogP contribution < -0.4 is 5.56 Å². The first-order valence-corrected chi connectivity index (χ1v) is 6.84. The zero-order valence-corrected chi connectivity index (χ0v) is 11.5. The average Bonchev–Trinajstić information content (AvgIpc) is 3.06. The van der Waals surface area contributed by atoms with Crippen LogP contribution in [-0.2, 0) is 0 Å². The summed E-state index contributed by atoms with van der Waals surface area (Å²) in [7, 11) is 0. The Morgan fingerprint density at radius 2 is 2.35 bits per heavy atom. The van der Waals surface area contributed by atoms with E-state index in [4.69, 9.17) is 0 Å². The van der Waals surface area contributed by atoms with E-state index in [0.29, 0.717) is 19.8 Å². The van der Waals surface area contributed by atoms with Gasteiger partial charge >= 0.3 is 0 Å². The van der Waals surface area contributed by atoms with Crippen molar-refractivity contribution in [2.75, 3.05) is 0 Å². The fourth-order valence-corrected chi connectivity index (χ4v) is 2.77. The van der Waals surface area contributed by atoms with Gasteiger partial charge in [0.15, 0.2) is 0 Å². The summed E-state index contributed by atoms with van der Waals surface area (Å²) in [5.41, 5.74) is -0.145. The van der Waals surface area contributed by atoms with Crippen molar-refractivity contribution >= 4 is 34.4 Å². The molecule has 1 aliphatic rings. The van der Waals surface area contributed by atoms with Crippen LogP contribution in [0.15, 0.2) is 21.3 Å². The molecule has 0 bridgehead atoms. The van der Waals surface area contributed by atoms with Gasteiger partial charge in [0.2, 0.25) is 5.16 Å². The summed E-state index contributed by atoms with van der Waals surface area (Å²) in [6, 6.07) is 0.409. The molecule has 88 valence electrons. The molecule has 0 aliphatic heterocycles. The van der Waals surface area contributed by atoms with E-state index in [0.717, 1.165) is 12.8 Å². The predicted octanol–water partition coefficient (Wildman–Crippen LogP) is 0.847. The van der Waals surface area contributed by atoms with E-state index in [-0.39, 0.29) is 5.56 Å². The van der Waals surface area contributed by atoms with Crippen LogP contribution in [-0.4, -0.2) is 30.2 Å². The number of hydrogen-bond acceptors (Lipinski definition) is 6. The van der Waals surface area contributed by atoms with Crippen molar-refractivity contribution in [3.63, 3.8) is 0 Å². The molecule has 9 heteroatoms. The van der Waals surface area contributed by atoms with Gasteiger partial charge in [0, 0.05) is 0 Å². The van der Waals surface area contributed by atoms with Crippen molar-refractivity contribution in [3.05, 3.63) is 20.3 Å². The fourth-order valence-electron chi connectivity index (χ4n) is 1.33. The Hall–Kier alpha value is -0.970. The molecule has 1 fully saturated rings. The van der Waals surface area contributed by atoms with Crippen molar-refractivity contribution in [1.82, 2.24) is 30.2 Å². The van der Waals surface area contributed by atoms with Crippen molar-refractivity contribution in [3.8, 4) is 0 Å². The van der Waals surface area contributed by atoms with Gasteiger partial charge in [0.25, 0.3) is 5.56 Å². The fraction of sp³-hybridized carbons (Fsp3) is 0.375. The molecular formula is C8H7IN6OS. The van der Waals surface area contributed by atoms with Gasteiger partial charge in [0.1, 0.15) is 8.60 Å². The lowest BCUT2D eigenvalue weighted by Gasteiger charge is -2.02. The highest BCUT2D eigenvalue weighted by Crippen LogP contribution is 2.37. The van der Waals surface area contributed by atoms with Crippen LogP contribution in [0.25, 0.3) is 0 Å². The third-order valence-corrected chi connectivity index (χ3v) is 4.63. The van der Waals surface area contributed by atoms with Crippen LogP contribution in [0.3, 0.4) is 0 Å². The van der Waals surface area contributed by atoms with Gasteiger partial charge < -0.3 is 4.98 Å². The molecular weight excluding hydrogens is 355 g/mol. The second kappa shape index (κ2) is 4.37. The van der Waals surface area contributed by atoms with Gasteiger partial charge in [0.05, 0.1) is 12.4 Å². The summed E-state index contributed by atoms with van der Waals surface area (Å²) >= 11 is 3.29. The van der Waals surface area contributed by atoms with Crippen molar-refractivity contribution in [2.45, 2.75) is 29.1 Å². The van der Waals surface area contributed by atoms with Crippen LogP contribution >= 0.6 is 34.4 Å². The molecule has 0 atom stereocenters. The molecule has 1 saturated carbocycles. The summed E-state index contributed by atoms with van der Waals surface area (Å²) in [5, 5.41) is 12.9. The van der Waals surface area contributed by atoms with E-state index in [1.165, 1.54) is 18.1 Å². The number of halogens is 1. The lowest BCUT2D eigenvalue weighted by molar-refractivity contribution is 0.565. The SMILES string of the molecule is O=c1[nH]cnc(Sc2nnnn2C2CC2)c1I. The van der Waals surface area contributed by atoms with Crippen LogP contribution in [0.2, 0.25) is 0 Å². The average molecular weight is 362 g/mol. The first kappa shape index (κ1) is 11.1. The monoisotopic (exact) mass is 362 g/mol.